The zero-order valence-corrected chi connectivity index (χ0v) is 28.0. The minimum absolute atomic E-state index is 0.113. The van der Waals surface area contributed by atoms with Gasteiger partial charge in [-0.1, -0.05) is 77.5 Å². The number of rotatable bonds is 16. The molecule has 2 aromatic carbocycles. The van der Waals surface area contributed by atoms with Crippen molar-refractivity contribution in [1.82, 2.24) is 24.5 Å². The molecule has 13 heteroatoms. The van der Waals surface area contributed by atoms with Crippen LogP contribution in [0.15, 0.2) is 53.4 Å². The zero-order valence-electron chi connectivity index (χ0n) is 26.3. The van der Waals surface area contributed by atoms with Gasteiger partial charge in [0.15, 0.2) is 23.0 Å². The van der Waals surface area contributed by atoms with Gasteiger partial charge in [-0.15, -0.1) is 10.2 Å². The highest BCUT2D eigenvalue weighted by molar-refractivity contribution is 7.92. The average molecular weight is 645 g/mol. The molecule has 0 radical (unpaired) electrons. The van der Waals surface area contributed by atoms with Crippen LogP contribution in [0.25, 0.3) is 5.65 Å². The van der Waals surface area contributed by atoms with Crippen molar-refractivity contribution in [3.63, 3.8) is 0 Å². The van der Waals surface area contributed by atoms with Gasteiger partial charge >= 0.3 is 0 Å². The van der Waals surface area contributed by atoms with E-state index in [-0.39, 0.29) is 21.7 Å². The summed E-state index contributed by atoms with van der Waals surface area (Å²) < 4.78 is 58.3. The maximum Gasteiger partial charge on any atom is 0.288 e. The summed E-state index contributed by atoms with van der Waals surface area (Å²) >= 11 is -2.03. The standard InChI is InChI=1S/C31H44N6O5S2/c1-7-8-9-10-11-12-19-41-26-18-15-24(36-44(39,40)25-16-13-22(2)14-17-25)20-27(26)42-43(38)35-23(3)30-33-32-29-21-28(31(4,5)6)34-37(29)30/h13-18,20-21,23,34-36H,7-12,19H2,1-6H3. The highest BCUT2D eigenvalue weighted by atomic mass is 32.2. The van der Waals surface area contributed by atoms with Gasteiger partial charge in [0.1, 0.15) is 0 Å². The fourth-order valence-electron chi connectivity index (χ4n) is 4.52. The first kappa shape index (κ1) is 33.5. The number of aromatic amines is 1. The lowest BCUT2D eigenvalue weighted by atomic mass is 9.93. The van der Waals surface area contributed by atoms with Crippen molar-refractivity contribution in [1.29, 1.82) is 0 Å². The minimum atomic E-state index is -3.86. The molecule has 0 aliphatic rings. The Hall–Kier alpha value is -3.42. The van der Waals surface area contributed by atoms with Gasteiger partial charge in [0.25, 0.3) is 21.3 Å². The molecule has 0 spiro atoms. The molecule has 3 N–H and O–H groups in total. The number of fused-ring (bicyclic) bond motifs is 1. The van der Waals surface area contributed by atoms with Gasteiger partial charge in [-0.05, 0) is 44.5 Å². The number of sulfonamides is 1. The lowest BCUT2D eigenvalue weighted by molar-refractivity contribution is 0.296. The van der Waals surface area contributed by atoms with E-state index in [1.54, 1.807) is 47.8 Å². The number of aryl methyl sites for hydroxylation is 1. The fraction of sp³-hybridized carbons (Fsp3) is 0.484. The topological polar surface area (TPSA) is 140 Å². The summed E-state index contributed by atoms with van der Waals surface area (Å²) in [7, 11) is -3.86. The third kappa shape index (κ3) is 8.82. The Morgan fingerprint density at radius 1 is 0.977 bits per heavy atom. The third-order valence-electron chi connectivity index (χ3n) is 7.14. The number of hydrogen-bond donors (Lipinski definition) is 3. The van der Waals surface area contributed by atoms with Gasteiger partial charge in [-0.2, -0.15) is 8.93 Å². The summed E-state index contributed by atoms with van der Waals surface area (Å²) in [5, 5.41) is 11.8. The Kier molecular flexibility index (Phi) is 11.1. The molecule has 240 valence electrons. The molecule has 4 aromatic rings. The van der Waals surface area contributed by atoms with Crippen LogP contribution in [0.1, 0.15) is 96.3 Å². The van der Waals surface area contributed by atoms with Crippen molar-refractivity contribution >= 4 is 32.6 Å². The van der Waals surface area contributed by atoms with Crippen LogP contribution >= 0.6 is 0 Å². The number of unbranched alkanes of at least 4 members (excludes halogenated alkanes) is 5. The van der Waals surface area contributed by atoms with Crippen molar-refractivity contribution in [2.75, 3.05) is 11.3 Å². The predicted molar refractivity (Wildman–Crippen MR) is 174 cm³/mol. The van der Waals surface area contributed by atoms with E-state index in [9.17, 15) is 12.6 Å². The Morgan fingerprint density at radius 3 is 2.39 bits per heavy atom. The monoisotopic (exact) mass is 644 g/mol. The quantitative estimate of drug-likeness (QED) is 0.118. The van der Waals surface area contributed by atoms with Gasteiger partial charge < -0.3 is 8.92 Å². The summed E-state index contributed by atoms with van der Waals surface area (Å²) in [6.45, 7) is 12.6. The van der Waals surface area contributed by atoms with Crippen LogP contribution in [-0.4, -0.2) is 39.0 Å². The van der Waals surface area contributed by atoms with Crippen molar-refractivity contribution < 1.29 is 21.5 Å². The number of aromatic nitrogens is 4. The molecular formula is C31H44N6O5S2. The van der Waals surface area contributed by atoms with E-state index < -0.39 is 27.3 Å². The van der Waals surface area contributed by atoms with Crippen LogP contribution in [0.5, 0.6) is 11.5 Å². The lowest BCUT2D eigenvalue weighted by Crippen LogP contribution is -2.27. The number of nitrogens with zero attached hydrogens (tertiary/aromatic N) is 3. The van der Waals surface area contributed by atoms with Gasteiger partial charge in [0.2, 0.25) is 0 Å². The summed E-state index contributed by atoms with van der Waals surface area (Å²) in [6.07, 6.45) is 6.64. The molecule has 0 aliphatic heterocycles. The summed E-state index contributed by atoms with van der Waals surface area (Å²) in [5.74, 6) is 1.04. The normalized spacial score (nSPS) is 13.6. The molecule has 0 saturated heterocycles. The number of nitrogens with one attached hydrogen (secondary N) is 3. The Balaban J connectivity index is 1.49. The molecule has 2 aromatic heterocycles. The Labute approximate surface area is 263 Å². The predicted octanol–water partition coefficient (Wildman–Crippen LogP) is 6.51. The third-order valence-corrected chi connectivity index (χ3v) is 9.41. The first-order valence-corrected chi connectivity index (χ1v) is 17.6. The van der Waals surface area contributed by atoms with Crippen molar-refractivity contribution in [3.8, 4) is 11.5 Å². The van der Waals surface area contributed by atoms with Gasteiger partial charge in [0, 0.05) is 23.2 Å². The van der Waals surface area contributed by atoms with Crippen LogP contribution in [-0.2, 0) is 26.7 Å². The highest BCUT2D eigenvalue weighted by Crippen LogP contribution is 2.33. The van der Waals surface area contributed by atoms with Crippen molar-refractivity contribution in [2.24, 2.45) is 0 Å². The maximum absolute atomic E-state index is 13.2. The van der Waals surface area contributed by atoms with Gasteiger partial charge in [0.05, 0.1) is 23.2 Å². The zero-order chi connectivity index (χ0) is 31.9. The maximum atomic E-state index is 13.2. The van der Waals surface area contributed by atoms with Crippen molar-refractivity contribution in [2.45, 2.75) is 96.4 Å². The smallest absolute Gasteiger partial charge is 0.288 e. The molecule has 2 atom stereocenters. The Morgan fingerprint density at radius 2 is 1.68 bits per heavy atom. The van der Waals surface area contributed by atoms with E-state index in [1.807, 2.05) is 13.0 Å². The molecule has 2 heterocycles. The molecular weight excluding hydrogens is 601 g/mol. The molecule has 0 saturated carbocycles. The highest BCUT2D eigenvalue weighted by Gasteiger charge is 2.23. The summed E-state index contributed by atoms with van der Waals surface area (Å²) in [6, 6.07) is 12.7. The van der Waals surface area contributed by atoms with Crippen LogP contribution in [0.4, 0.5) is 5.69 Å². The molecule has 0 amide bonds. The largest absolute Gasteiger partial charge is 0.490 e. The second kappa shape index (κ2) is 14.6. The fourth-order valence-corrected chi connectivity index (χ4v) is 6.30. The minimum Gasteiger partial charge on any atom is -0.490 e. The molecule has 0 aliphatic carbocycles. The van der Waals surface area contributed by atoms with Crippen LogP contribution in [0, 0.1) is 6.92 Å². The van der Waals surface area contributed by atoms with E-state index in [2.05, 4.69) is 52.4 Å². The number of anilines is 1. The second-order valence-electron chi connectivity index (χ2n) is 12.0. The molecule has 2 unspecified atom stereocenters. The molecule has 4 rings (SSSR count). The van der Waals surface area contributed by atoms with Crippen LogP contribution in [0.3, 0.4) is 0 Å². The number of hydrogen-bond acceptors (Lipinski definition) is 7. The molecule has 0 bridgehead atoms. The summed E-state index contributed by atoms with van der Waals surface area (Å²) in [4.78, 5) is 0.131. The van der Waals surface area contributed by atoms with E-state index in [0.717, 1.165) is 30.5 Å². The van der Waals surface area contributed by atoms with E-state index in [1.165, 1.54) is 25.3 Å². The average Bonchev–Trinajstić information content (AvgIpc) is 3.55. The molecule has 0 fully saturated rings. The number of H-pyrrole nitrogens is 1. The number of benzene rings is 2. The Bertz CT molecular complexity index is 1660. The second-order valence-corrected chi connectivity index (χ2v) is 14.6. The first-order chi connectivity index (χ1) is 20.9. The van der Waals surface area contributed by atoms with Crippen molar-refractivity contribution in [3.05, 3.63) is 65.6 Å². The first-order valence-electron chi connectivity index (χ1n) is 15.0. The van der Waals surface area contributed by atoms with E-state index in [4.69, 9.17) is 8.92 Å². The lowest BCUT2D eigenvalue weighted by Gasteiger charge is -2.17. The van der Waals surface area contributed by atoms with E-state index in [0.29, 0.717) is 23.8 Å². The molecule has 11 nitrogen and oxygen atoms in total. The number of ether oxygens (including phenoxy) is 1. The van der Waals surface area contributed by atoms with Gasteiger partial charge in [-0.25, -0.2) is 12.9 Å². The van der Waals surface area contributed by atoms with Crippen LogP contribution in [0.2, 0.25) is 0 Å². The van der Waals surface area contributed by atoms with E-state index >= 15 is 0 Å². The summed E-state index contributed by atoms with van der Waals surface area (Å²) in [5.41, 5.74) is 2.74. The molecule has 44 heavy (non-hydrogen) atoms. The van der Waals surface area contributed by atoms with Crippen LogP contribution < -0.4 is 18.4 Å². The SMILES string of the molecule is CCCCCCCCOc1ccc(NS(=O)(=O)c2ccc(C)cc2)cc1OS(=O)NC(C)c1nnc2cc(C(C)(C)C)[nH]n12. The van der Waals surface area contributed by atoms with Gasteiger partial charge in [-0.3, -0.25) is 9.82 Å².